The van der Waals surface area contributed by atoms with Crippen LogP contribution in [-0.4, -0.2) is 35.5 Å². The number of anilines is 1. The Morgan fingerprint density at radius 2 is 1.83 bits per heavy atom. The number of amides is 1. The largest absolute Gasteiger partial charge is 0.289 e. The van der Waals surface area contributed by atoms with Crippen LogP contribution >= 0.6 is 0 Å². The lowest BCUT2D eigenvalue weighted by molar-refractivity contribution is 0.102. The number of fused-ring (bicyclic) bond motifs is 1. The van der Waals surface area contributed by atoms with Crippen molar-refractivity contribution in [2.45, 2.75) is 6.54 Å². The van der Waals surface area contributed by atoms with Crippen LogP contribution in [0.2, 0.25) is 0 Å². The molecule has 1 aromatic carbocycles. The summed E-state index contributed by atoms with van der Waals surface area (Å²) in [6, 6.07) is 15.3. The third-order valence-electron chi connectivity index (χ3n) is 3.50. The highest BCUT2D eigenvalue weighted by Gasteiger charge is 2.14. The Morgan fingerprint density at radius 3 is 2.71 bits per heavy atom. The fourth-order valence-electron chi connectivity index (χ4n) is 2.34. The number of nitrogens with zero attached hydrogens (tertiary/aromatic N) is 6. The van der Waals surface area contributed by atoms with Gasteiger partial charge in [0.15, 0.2) is 11.3 Å². The molecule has 0 aliphatic heterocycles. The van der Waals surface area contributed by atoms with Gasteiger partial charge in [0, 0.05) is 6.20 Å². The first-order valence-electron chi connectivity index (χ1n) is 7.35. The number of benzene rings is 1. The molecule has 0 radical (unpaired) electrons. The highest BCUT2D eigenvalue weighted by Crippen LogP contribution is 2.09. The summed E-state index contributed by atoms with van der Waals surface area (Å²) in [7, 11) is 0. The molecule has 24 heavy (non-hydrogen) atoms. The van der Waals surface area contributed by atoms with Crippen molar-refractivity contribution in [2.75, 3.05) is 5.32 Å². The first kappa shape index (κ1) is 14.1. The minimum atomic E-state index is -0.382. The normalized spacial score (nSPS) is 10.8. The van der Waals surface area contributed by atoms with Gasteiger partial charge in [-0.05, 0) is 17.7 Å². The summed E-state index contributed by atoms with van der Waals surface area (Å²) >= 11 is 0. The van der Waals surface area contributed by atoms with Crippen molar-refractivity contribution in [1.29, 1.82) is 0 Å². The second-order valence-electron chi connectivity index (χ2n) is 5.19. The van der Waals surface area contributed by atoms with Crippen LogP contribution in [0.4, 0.5) is 5.95 Å². The van der Waals surface area contributed by atoms with Crippen LogP contribution in [-0.2, 0) is 6.54 Å². The minimum absolute atomic E-state index is 0.221. The average Bonchev–Trinajstić information content (AvgIpc) is 3.24. The second kappa shape index (κ2) is 5.92. The second-order valence-corrected chi connectivity index (χ2v) is 5.19. The molecule has 0 atom stereocenters. The molecule has 118 valence electrons. The summed E-state index contributed by atoms with van der Waals surface area (Å²) in [5, 5.41) is 18.5. The molecule has 1 N–H and O–H groups in total. The van der Waals surface area contributed by atoms with Crippen molar-refractivity contribution in [2.24, 2.45) is 0 Å². The Balaban J connectivity index is 1.51. The summed E-state index contributed by atoms with van der Waals surface area (Å²) in [6.07, 6.45) is 3.38. The van der Waals surface area contributed by atoms with Crippen LogP contribution < -0.4 is 5.32 Å². The fourth-order valence-corrected chi connectivity index (χ4v) is 2.34. The van der Waals surface area contributed by atoms with Crippen molar-refractivity contribution in [3.05, 3.63) is 72.2 Å². The maximum Gasteiger partial charge on any atom is 0.280 e. The molecule has 8 nitrogen and oxygen atoms in total. The third-order valence-corrected chi connectivity index (χ3v) is 3.50. The maximum absolute atomic E-state index is 12.3. The Bertz CT molecular complexity index is 990. The van der Waals surface area contributed by atoms with E-state index in [1.807, 2.05) is 42.5 Å². The van der Waals surface area contributed by atoms with Gasteiger partial charge in [-0.2, -0.15) is 0 Å². The van der Waals surface area contributed by atoms with Crippen LogP contribution in [0.15, 0.2) is 60.9 Å². The van der Waals surface area contributed by atoms with Gasteiger partial charge in [0.25, 0.3) is 5.91 Å². The van der Waals surface area contributed by atoms with E-state index in [1.54, 1.807) is 27.5 Å². The van der Waals surface area contributed by atoms with Crippen LogP contribution in [0.5, 0.6) is 0 Å². The summed E-state index contributed by atoms with van der Waals surface area (Å²) in [5.41, 5.74) is 1.96. The van der Waals surface area contributed by atoms with E-state index >= 15 is 0 Å². The Morgan fingerprint density at radius 1 is 1.00 bits per heavy atom. The Kier molecular flexibility index (Phi) is 3.47. The smallest absolute Gasteiger partial charge is 0.280 e. The van der Waals surface area contributed by atoms with Gasteiger partial charge in [-0.25, -0.2) is 4.68 Å². The minimum Gasteiger partial charge on any atom is -0.289 e. The van der Waals surface area contributed by atoms with Crippen LogP contribution in [0.25, 0.3) is 5.65 Å². The lowest BCUT2D eigenvalue weighted by Crippen LogP contribution is -2.14. The van der Waals surface area contributed by atoms with Gasteiger partial charge >= 0.3 is 0 Å². The molecule has 0 aliphatic carbocycles. The molecular formula is C16H13N7O. The van der Waals surface area contributed by atoms with E-state index in [0.29, 0.717) is 18.1 Å². The van der Waals surface area contributed by atoms with Gasteiger partial charge in [-0.15, -0.1) is 15.3 Å². The zero-order valence-corrected chi connectivity index (χ0v) is 12.6. The summed E-state index contributed by atoms with van der Waals surface area (Å²) in [6.45, 7) is 0.551. The quantitative estimate of drug-likeness (QED) is 0.617. The molecule has 0 bridgehead atoms. The lowest BCUT2D eigenvalue weighted by Gasteiger charge is -2.00. The van der Waals surface area contributed by atoms with E-state index in [4.69, 9.17) is 0 Å². The van der Waals surface area contributed by atoms with Gasteiger partial charge in [-0.3, -0.25) is 14.5 Å². The lowest BCUT2D eigenvalue weighted by atomic mass is 10.2. The Hall–Kier alpha value is -3.55. The highest BCUT2D eigenvalue weighted by atomic mass is 16.2. The van der Waals surface area contributed by atoms with Crippen molar-refractivity contribution < 1.29 is 4.79 Å². The molecule has 0 aliphatic rings. The first-order valence-corrected chi connectivity index (χ1v) is 7.35. The van der Waals surface area contributed by atoms with Gasteiger partial charge in [0.2, 0.25) is 5.95 Å². The molecular weight excluding hydrogens is 306 g/mol. The predicted octanol–water partition coefficient (Wildman–Crippen LogP) is 1.62. The molecule has 3 heterocycles. The van der Waals surface area contributed by atoms with Gasteiger partial charge in [0.1, 0.15) is 0 Å². The van der Waals surface area contributed by atoms with Crippen LogP contribution in [0.1, 0.15) is 16.1 Å². The molecule has 8 heteroatoms. The number of hydrogen-bond acceptors (Lipinski definition) is 5. The summed E-state index contributed by atoms with van der Waals surface area (Å²) in [4.78, 5) is 12.3. The van der Waals surface area contributed by atoms with Crippen molar-refractivity contribution in [3.8, 4) is 0 Å². The van der Waals surface area contributed by atoms with Gasteiger partial charge in [-0.1, -0.05) is 41.6 Å². The zero-order chi connectivity index (χ0) is 16.4. The van der Waals surface area contributed by atoms with E-state index < -0.39 is 0 Å². The molecule has 0 saturated heterocycles. The predicted molar refractivity (Wildman–Crippen MR) is 86.5 cm³/mol. The van der Waals surface area contributed by atoms with Crippen molar-refractivity contribution >= 4 is 17.5 Å². The fraction of sp³-hybridized carbons (Fsp3) is 0.0625. The van der Waals surface area contributed by atoms with Crippen molar-refractivity contribution in [3.63, 3.8) is 0 Å². The first-order chi connectivity index (χ1) is 11.8. The average molecular weight is 319 g/mol. The van der Waals surface area contributed by atoms with E-state index in [0.717, 1.165) is 5.56 Å². The SMILES string of the molecule is O=C(Nc1nnc2ccccn12)c1cn(Cc2ccccc2)nn1. The summed E-state index contributed by atoms with van der Waals surface area (Å²) in [5.74, 6) is -0.0410. The topological polar surface area (TPSA) is 90.0 Å². The zero-order valence-electron chi connectivity index (χ0n) is 12.6. The van der Waals surface area contributed by atoms with E-state index in [2.05, 4.69) is 25.8 Å². The van der Waals surface area contributed by atoms with Crippen molar-refractivity contribution in [1.82, 2.24) is 29.6 Å². The highest BCUT2D eigenvalue weighted by molar-refractivity contribution is 6.01. The number of carbonyl (C=O) groups excluding carboxylic acids is 1. The van der Waals surface area contributed by atoms with Gasteiger partial charge < -0.3 is 0 Å². The molecule has 0 unspecified atom stereocenters. The monoisotopic (exact) mass is 319 g/mol. The maximum atomic E-state index is 12.3. The molecule has 0 fully saturated rings. The Labute approximate surface area is 136 Å². The number of pyridine rings is 1. The number of carbonyl (C=O) groups is 1. The van der Waals surface area contributed by atoms with Crippen LogP contribution in [0.3, 0.4) is 0 Å². The van der Waals surface area contributed by atoms with E-state index in [-0.39, 0.29) is 11.6 Å². The van der Waals surface area contributed by atoms with E-state index in [1.165, 1.54) is 0 Å². The van der Waals surface area contributed by atoms with E-state index in [9.17, 15) is 4.79 Å². The molecule has 4 rings (SSSR count). The van der Waals surface area contributed by atoms with Gasteiger partial charge in [0.05, 0.1) is 12.7 Å². The molecule has 3 aromatic heterocycles. The molecule has 4 aromatic rings. The number of hydrogen-bond donors (Lipinski definition) is 1. The third kappa shape index (κ3) is 2.72. The number of nitrogens with one attached hydrogen (secondary N) is 1. The number of aromatic nitrogens is 6. The summed E-state index contributed by atoms with van der Waals surface area (Å²) < 4.78 is 3.30. The number of rotatable bonds is 4. The standard InChI is InChI=1S/C16H13N7O/c24-15(17-16-20-19-14-8-4-5-9-23(14)16)13-11-22(21-18-13)10-12-6-2-1-3-7-12/h1-9,11H,10H2,(H,17,20,24). The molecule has 0 spiro atoms. The molecule has 1 amide bonds. The van der Waals surface area contributed by atoms with Crippen LogP contribution in [0, 0.1) is 0 Å². The molecule has 0 saturated carbocycles.